The van der Waals surface area contributed by atoms with Crippen LogP contribution in [-0.2, 0) is 17.9 Å². The molecular weight excluding hydrogens is 417 g/mol. The van der Waals surface area contributed by atoms with Crippen molar-refractivity contribution in [2.24, 2.45) is 4.99 Å². The summed E-state index contributed by atoms with van der Waals surface area (Å²) in [6.07, 6.45) is 2.58. The molecule has 132 valence electrons. The van der Waals surface area contributed by atoms with Gasteiger partial charge in [0.2, 0.25) is 0 Å². The molecule has 0 spiro atoms. The minimum Gasteiger partial charge on any atom is -0.467 e. The van der Waals surface area contributed by atoms with E-state index in [1.165, 1.54) is 5.56 Å². The van der Waals surface area contributed by atoms with E-state index in [2.05, 4.69) is 39.5 Å². The van der Waals surface area contributed by atoms with Gasteiger partial charge < -0.3 is 19.4 Å². The van der Waals surface area contributed by atoms with Gasteiger partial charge in [0.15, 0.2) is 5.96 Å². The summed E-state index contributed by atoms with van der Waals surface area (Å²) in [5.74, 6) is 1.75. The van der Waals surface area contributed by atoms with Crippen molar-refractivity contribution in [3.8, 4) is 0 Å². The number of ether oxygens (including phenoxy) is 1. The molecule has 6 heteroatoms. The Hall–Kier alpha value is -1.54. The molecule has 0 unspecified atom stereocenters. The standard InChI is InChI=1S/C18H25N3O2.HI/c1-19-18(21(2)14-16-8-4-3-5-9-16)20-11-7-12-22-15-17-10-6-13-23-17;/h3-6,8-10,13H,7,11-12,14-15H2,1-2H3,(H,19,20);1H. The van der Waals surface area contributed by atoms with E-state index in [4.69, 9.17) is 9.15 Å². The fourth-order valence-corrected chi connectivity index (χ4v) is 2.26. The third-order valence-electron chi connectivity index (χ3n) is 3.41. The highest BCUT2D eigenvalue weighted by atomic mass is 127. The summed E-state index contributed by atoms with van der Waals surface area (Å²) in [7, 11) is 3.84. The summed E-state index contributed by atoms with van der Waals surface area (Å²) >= 11 is 0. The van der Waals surface area contributed by atoms with Crippen LogP contribution in [0, 0.1) is 0 Å². The van der Waals surface area contributed by atoms with Crippen LogP contribution in [0.5, 0.6) is 0 Å². The molecule has 0 aliphatic heterocycles. The number of guanidine groups is 1. The van der Waals surface area contributed by atoms with Gasteiger partial charge in [-0.2, -0.15) is 0 Å². The van der Waals surface area contributed by atoms with E-state index in [-0.39, 0.29) is 24.0 Å². The van der Waals surface area contributed by atoms with E-state index >= 15 is 0 Å². The number of furan rings is 1. The van der Waals surface area contributed by atoms with Crippen molar-refractivity contribution in [1.82, 2.24) is 10.2 Å². The lowest BCUT2D eigenvalue weighted by atomic mass is 10.2. The zero-order chi connectivity index (χ0) is 16.3. The van der Waals surface area contributed by atoms with Gasteiger partial charge in [0.25, 0.3) is 0 Å². The Morgan fingerprint density at radius 1 is 1.21 bits per heavy atom. The minimum atomic E-state index is 0. The van der Waals surface area contributed by atoms with Crippen molar-refractivity contribution in [2.75, 3.05) is 27.2 Å². The maximum atomic E-state index is 5.56. The average Bonchev–Trinajstić information content (AvgIpc) is 3.08. The Morgan fingerprint density at radius 3 is 2.67 bits per heavy atom. The smallest absolute Gasteiger partial charge is 0.193 e. The molecule has 1 N–H and O–H groups in total. The van der Waals surface area contributed by atoms with Crippen molar-refractivity contribution in [2.45, 2.75) is 19.6 Å². The molecule has 0 atom stereocenters. The van der Waals surface area contributed by atoms with Crippen molar-refractivity contribution in [3.05, 3.63) is 60.1 Å². The molecular formula is C18H26IN3O2. The quantitative estimate of drug-likeness (QED) is 0.294. The summed E-state index contributed by atoms with van der Waals surface area (Å²) in [6, 6.07) is 14.1. The maximum Gasteiger partial charge on any atom is 0.193 e. The summed E-state index contributed by atoms with van der Waals surface area (Å²) in [6.45, 7) is 2.86. The normalized spacial score (nSPS) is 11.0. The number of nitrogens with one attached hydrogen (secondary N) is 1. The number of nitrogens with zero attached hydrogens (tertiary/aromatic N) is 2. The summed E-state index contributed by atoms with van der Waals surface area (Å²) in [5.41, 5.74) is 1.26. The SMILES string of the molecule is CN=C(NCCCOCc1ccco1)N(C)Cc1ccccc1.I. The molecule has 0 aliphatic carbocycles. The molecule has 0 fully saturated rings. The zero-order valence-corrected chi connectivity index (χ0v) is 16.6. The molecule has 1 heterocycles. The Labute approximate surface area is 161 Å². The Kier molecular flexibility index (Phi) is 10.2. The first kappa shape index (κ1) is 20.5. The van der Waals surface area contributed by atoms with Crippen LogP contribution in [0.1, 0.15) is 17.7 Å². The van der Waals surface area contributed by atoms with E-state index in [9.17, 15) is 0 Å². The van der Waals surface area contributed by atoms with E-state index in [0.29, 0.717) is 13.2 Å². The number of aliphatic imine (C=N–C) groups is 1. The topological polar surface area (TPSA) is 50.0 Å². The van der Waals surface area contributed by atoms with Gasteiger partial charge in [-0.25, -0.2) is 0 Å². The number of benzene rings is 1. The molecule has 2 rings (SSSR count). The van der Waals surface area contributed by atoms with Crippen LogP contribution < -0.4 is 5.32 Å². The van der Waals surface area contributed by atoms with Crippen LogP contribution in [0.25, 0.3) is 0 Å². The first-order valence-corrected chi connectivity index (χ1v) is 7.85. The van der Waals surface area contributed by atoms with Gasteiger partial charge in [0.1, 0.15) is 12.4 Å². The van der Waals surface area contributed by atoms with E-state index in [1.54, 1.807) is 13.3 Å². The average molecular weight is 443 g/mol. The van der Waals surface area contributed by atoms with Crippen molar-refractivity contribution >= 4 is 29.9 Å². The summed E-state index contributed by atoms with van der Waals surface area (Å²) in [5, 5.41) is 3.36. The van der Waals surface area contributed by atoms with Crippen LogP contribution in [-0.4, -0.2) is 38.1 Å². The second-order valence-electron chi connectivity index (χ2n) is 5.30. The van der Waals surface area contributed by atoms with E-state index in [0.717, 1.165) is 31.2 Å². The molecule has 1 aromatic carbocycles. The second kappa shape index (κ2) is 11.9. The maximum absolute atomic E-state index is 5.56. The zero-order valence-electron chi connectivity index (χ0n) is 14.3. The van der Waals surface area contributed by atoms with E-state index < -0.39 is 0 Å². The number of hydrogen-bond donors (Lipinski definition) is 1. The Balaban J connectivity index is 0.00000288. The first-order valence-electron chi connectivity index (χ1n) is 7.85. The van der Waals surface area contributed by atoms with Crippen LogP contribution in [0.15, 0.2) is 58.1 Å². The number of halogens is 1. The largest absolute Gasteiger partial charge is 0.467 e. The third kappa shape index (κ3) is 7.35. The second-order valence-corrected chi connectivity index (χ2v) is 5.30. The summed E-state index contributed by atoms with van der Waals surface area (Å²) < 4.78 is 10.8. The molecule has 0 saturated heterocycles. The monoisotopic (exact) mass is 443 g/mol. The van der Waals surface area contributed by atoms with Crippen LogP contribution in [0.4, 0.5) is 0 Å². The highest BCUT2D eigenvalue weighted by molar-refractivity contribution is 14.0. The van der Waals surface area contributed by atoms with Crippen molar-refractivity contribution < 1.29 is 9.15 Å². The van der Waals surface area contributed by atoms with Gasteiger partial charge in [-0.05, 0) is 24.1 Å². The van der Waals surface area contributed by atoms with Crippen LogP contribution >= 0.6 is 24.0 Å². The molecule has 0 bridgehead atoms. The molecule has 0 saturated carbocycles. The molecule has 1 aromatic heterocycles. The van der Waals surface area contributed by atoms with Gasteiger partial charge in [-0.1, -0.05) is 30.3 Å². The molecule has 0 aliphatic rings. The predicted molar refractivity (Wildman–Crippen MR) is 108 cm³/mol. The molecule has 24 heavy (non-hydrogen) atoms. The molecule has 0 radical (unpaired) electrons. The fraction of sp³-hybridized carbons (Fsp3) is 0.389. The number of rotatable bonds is 8. The lowest BCUT2D eigenvalue weighted by Gasteiger charge is -2.22. The van der Waals surface area contributed by atoms with Crippen molar-refractivity contribution in [1.29, 1.82) is 0 Å². The highest BCUT2D eigenvalue weighted by Crippen LogP contribution is 2.03. The molecule has 5 nitrogen and oxygen atoms in total. The van der Waals surface area contributed by atoms with E-state index in [1.807, 2.05) is 25.2 Å². The highest BCUT2D eigenvalue weighted by Gasteiger charge is 2.05. The number of hydrogen-bond acceptors (Lipinski definition) is 3. The van der Waals surface area contributed by atoms with Crippen LogP contribution in [0.3, 0.4) is 0 Å². The van der Waals surface area contributed by atoms with Crippen molar-refractivity contribution in [3.63, 3.8) is 0 Å². The van der Waals surface area contributed by atoms with Gasteiger partial charge >= 0.3 is 0 Å². The van der Waals surface area contributed by atoms with Gasteiger partial charge in [-0.15, -0.1) is 24.0 Å². The van der Waals surface area contributed by atoms with Gasteiger partial charge in [0, 0.05) is 33.8 Å². The van der Waals surface area contributed by atoms with Crippen LogP contribution in [0.2, 0.25) is 0 Å². The lowest BCUT2D eigenvalue weighted by Crippen LogP contribution is -2.39. The summed E-state index contributed by atoms with van der Waals surface area (Å²) in [4.78, 5) is 6.43. The predicted octanol–water partition coefficient (Wildman–Crippen LogP) is 3.51. The Bertz CT molecular complexity index is 573. The minimum absolute atomic E-state index is 0. The third-order valence-corrected chi connectivity index (χ3v) is 3.41. The van der Waals surface area contributed by atoms with Gasteiger partial charge in [0.05, 0.1) is 6.26 Å². The fourth-order valence-electron chi connectivity index (χ4n) is 2.26. The first-order chi connectivity index (χ1) is 11.3. The molecule has 2 aromatic rings. The Morgan fingerprint density at radius 2 is 2.00 bits per heavy atom. The molecule has 0 amide bonds. The lowest BCUT2D eigenvalue weighted by molar-refractivity contribution is 0.104. The van der Waals surface area contributed by atoms with Gasteiger partial charge in [-0.3, -0.25) is 4.99 Å².